The molecule has 7 rings (SSSR count). The van der Waals surface area contributed by atoms with Gasteiger partial charge in [0.25, 0.3) is 0 Å². The fourth-order valence-corrected chi connectivity index (χ4v) is 5.48. The Kier molecular flexibility index (Phi) is 9.38. The van der Waals surface area contributed by atoms with E-state index in [1.54, 1.807) is 12.3 Å². The van der Waals surface area contributed by atoms with Gasteiger partial charge in [0, 0.05) is 49.0 Å². The van der Waals surface area contributed by atoms with E-state index < -0.39 is 0 Å². The van der Waals surface area contributed by atoms with E-state index in [2.05, 4.69) is 24.3 Å². The first-order chi connectivity index (χ1) is 21.3. The number of carbonyl (C=O) groups is 1. The Labute approximate surface area is 274 Å². The molecule has 0 bridgehead atoms. The van der Waals surface area contributed by atoms with E-state index in [-0.39, 0.29) is 37.5 Å². The van der Waals surface area contributed by atoms with Crippen molar-refractivity contribution in [2.75, 3.05) is 0 Å². The van der Waals surface area contributed by atoms with Gasteiger partial charge >= 0.3 is 0 Å². The van der Waals surface area contributed by atoms with Gasteiger partial charge in [-0.15, -0.1) is 12.1 Å². The number of benzene rings is 5. The summed E-state index contributed by atoms with van der Waals surface area (Å²) in [5.74, 6) is 0.526. The van der Waals surface area contributed by atoms with E-state index in [1.165, 1.54) is 19.9 Å². The quantitative estimate of drug-likeness (QED) is 0.0838. The van der Waals surface area contributed by atoms with Crippen LogP contribution < -0.4 is 0 Å². The summed E-state index contributed by atoms with van der Waals surface area (Å²) in [6, 6.07) is 37.4. The maximum atomic E-state index is 14.7. The van der Waals surface area contributed by atoms with Crippen LogP contribution in [0.3, 0.4) is 0 Å². The van der Waals surface area contributed by atoms with Crippen LogP contribution in [0, 0.1) is 18.8 Å². The van der Waals surface area contributed by atoms with Gasteiger partial charge in [0.2, 0.25) is 0 Å². The Morgan fingerprint density at radius 3 is 2.13 bits per heavy atom. The van der Waals surface area contributed by atoms with Crippen molar-refractivity contribution >= 4 is 38.3 Å². The van der Waals surface area contributed by atoms with Gasteiger partial charge in [-0.05, 0) is 65.8 Å². The monoisotopic (exact) mass is 771 g/mol. The maximum absolute atomic E-state index is 14.7. The van der Waals surface area contributed by atoms with Gasteiger partial charge in [-0.3, -0.25) is 9.78 Å². The number of pyridine rings is 1. The van der Waals surface area contributed by atoms with Crippen LogP contribution in [0.5, 0.6) is 0 Å². The van der Waals surface area contributed by atoms with Gasteiger partial charge in [-0.2, -0.15) is 0 Å². The molecule has 0 amide bonds. The van der Waals surface area contributed by atoms with Crippen molar-refractivity contribution in [2.24, 2.45) is 0 Å². The number of furan rings is 1. The summed E-state index contributed by atoms with van der Waals surface area (Å²) in [4.78, 5) is 14.8. The smallest absolute Gasteiger partial charge is 0.155 e. The summed E-state index contributed by atoms with van der Waals surface area (Å²) in [6.45, 7) is 4.77. The van der Waals surface area contributed by atoms with Crippen LogP contribution in [0.15, 0.2) is 126 Å². The molecule has 0 saturated heterocycles. The zero-order valence-corrected chi connectivity index (χ0v) is 27.3. The number of halogens is 1. The van der Waals surface area contributed by atoms with Crippen LogP contribution in [-0.2, 0) is 24.9 Å². The predicted octanol–water partition coefficient (Wildman–Crippen LogP) is 10.4. The Hall–Kier alpha value is -4.90. The summed E-state index contributed by atoms with van der Waals surface area (Å²) in [5, 5.41) is 12.7. The van der Waals surface area contributed by atoms with Gasteiger partial charge in [0.15, 0.2) is 5.78 Å². The van der Waals surface area contributed by atoms with Crippen molar-refractivity contribution in [3.8, 4) is 33.7 Å². The molecular weight excluding hydrogens is 742 g/mol. The average molecular weight is 771 g/mol. The predicted molar refractivity (Wildman–Crippen MR) is 176 cm³/mol. The first-order valence-electron chi connectivity index (χ1n) is 14.2. The van der Waals surface area contributed by atoms with E-state index in [0.29, 0.717) is 5.39 Å². The number of hydrogen-bond acceptors (Lipinski definition) is 4. The molecule has 5 aromatic carbocycles. The Morgan fingerprint density at radius 2 is 1.49 bits per heavy atom. The van der Waals surface area contributed by atoms with Crippen LogP contribution >= 0.6 is 0 Å². The van der Waals surface area contributed by atoms with Crippen LogP contribution in [0.25, 0.3) is 66.2 Å². The van der Waals surface area contributed by atoms with Crippen molar-refractivity contribution in [3.63, 3.8) is 0 Å². The summed E-state index contributed by atoms with van der Waals surface area (Å²) >= 11 is 0. The van der Waals surface area contributed by atoms with Crippen molar-refractivity contribution in [3.05, 3.63) is 139 Å². The molecule has 1 radical (unpaired) electrons. The molecule has 0 aliphatic heterocycles. The molecule has 2 heterocycles. The molecule has 4 nitrogen and oxygen atoms in total. The molecule has 0 fully saturated rings. The minimum atomic E-state index is -0.207. The summed E-state index contributed by atoms with van der Waals surface area (Å²) < 4.78 is 21.1. The number of aliphatic hydroxyl groups is 1. The number of hydrogen-bond donors (Lipinski definition) is 1. The van der Waals surface area contributed by atoms with Gasteiger partial charge in [-0.1, -0.05) is 95.9 Å². The second kappa shape index (κ2) is 13.4. The molecule has 0 saturated carbocycles. The third-order valence-electron chi connectivity index (χ3n) is 7.32. The maximum Gasteiger partial charge on any atom is 0.155 e. The summed E-state index contributed by atoms with van der Waals surface area (Å²) in [5.41, 5.74) is 6.40. The number of carbonyl (C=O) groups excluding carboxylic acids is 1. The summed E-state index contributed by atoms with van der Waals surface area (Å²) in [7, 11) is 0. The van der Waals surface area contributed by atoms with Gasteiger partial charge < -0.3 is 9.52 Å². The van der Waals surface area contributed by atoms with E-state index in [9.17, 15) is 9.18 Å². The third kappa shape index (κ3) is 6.63. The summed E-state index contributed by atoms with van der Waals surface area (Å²) in [6.07, 6.45) is 2.96. The van der Waals surface area contributed by atoms with E-state index >= 15 is 0 Å². The van der Waals surface area contributed by atoms with Crippen molar-refractivity contribution in [1.82, 2.24) is 4.98 Å². The van der Waals surface area contributed by atoms with E-state index in [1.807, 2.05) is 85.8 Å². The number of ketones is 1. The number of aromatic nitrogens is 1. The minimum Gasteiger partial charge on any atom is -0.512 e. The van der Waals surface area contributed by atoms with Crippen LogP contribution in [0.2, 0.25) is 0 Å². The van der Waals surface area contributed by atoms with Gasteiger partial charge in [0.1, 0.15) is 5.82 Å². The van der Waals surface area contributed by atoms with Crippen molar-refractivity contribution in [2.45, 2.75) is 20.8 Å². The molecule has 1 N–H and O–H groups in total. The molecule has 0 aliphatic carbocycles. The SMILES string of the molecule is CC(=O)/C=C(/C)O.Cc1cc(F)c2ccc3c(-c4[c-]c5cc(-c6ccccc6)oc5c(-c5ccccc5)c4)nccc3c2c1.[Ir]. The second-order valence-corrected chi connectivity index (χ2v) is 10.7. The molecule has 225 valence electrons. The number of aryl methyl sites for hydroxylation is 1. The van der Waals surface area contributed by atoms with Crippen molar-refractivity contribution in [1.29, 1.82) is 0 Å². The standard InChI is InChI=1S/C34H21FNO.C5H8O2.Ir/c1-21-16-30-26-14-15-36-33(28(26)13-12-27(30)31(35)17-21)24-18-25-20-32(23-10-6-3-7-11-23)37-34(25)29(19-24)22-8-4-2-5-9-22;1-4(6)3-5(2)7;/h2-17,19-20H,1H3;3,6H,1-2H3;/q-1;;/b;4-3-;. The normalized spacial score (nSPS) is 11.2. The van der Waals surface area contributed by atoms with Gasteiger partial charge in [-0.25, -0.2) is 4.39 Å². The molecule has 0 atom stereocenters. The molecule has 0 spiro atoms. The van der Waals surface area contributed by atoms with Gasteiger partial charge in [0.05, 0.1) is 17.1 Å². The molecule has 0 aliphatic rings. The van der Waals surface area contributed by atoms with Crippen molar-refractivity contribution < 1.29 is 38.8 Å². The molecular formula is C39H29FIrNO3-. The number of allylic oxidation sites excluding steroid dienone is 2. The molecule has 45 heavy (non-hydrogen) atoms. The fraction of sp³-hybridized carbons (Fsp3) is 0.0769. The fourth-order valence-electron chi connectivity index (χ4n) is 5.48. The Bertz CT molecular complexity index is 2180. The first kappa shape index (κ1) is 31.5. The largest absolute Gasteiger partial charge is 0.512 e. The number of fused-ring (bicyclic) bond motifs is 4. The van der Waals surface area contributed by atoms with Crippen LogP contribution in [0.4, 0.5) is 4.39 Å². The van der Waals surface area contributed by atoms with Crippen LogP contribution in [0.1, 0.15) is 19.4 Å². The molecule has 7 aromatic rings. The zero-order chi connectivity index (χ0) is 30.8. The number of nitrogens with zero attached hydrogens (tertiary/aromatic N) is 1. The topological polar surface area (TPSA) is 63.3 Å². The zero-order valence-electron chi connectivity index (χ0n) is 24.9. The average Bonchev–Trinajstić information content (AvgIpc) is 3.45. The molecule has 2 aromatic heterocycles. The minimum absolute atomic E-state index is 0. The number of aliphatic hydroxyl groups excluding tert-OH is 1. The molecule has 6 heteroatoms. The first-order valence-corrected chi connectivity index (χ1v) is 14.2. The van der Waals surface area contributed by atoms with E-state index in [4.69, 9.17) is 14.5 Å². The van der Waals surface area contributed by atoms with E-state index in [0.717, 1.165) is 66.4 Å². The molecule has 0 unspecified atom stereocenters. The number of rotatable bonds is 4. The van der Waals surface area contributed by atoms with Crippen LogP contribution in [-0.4, -0.2) is 15.9 Å². The second-order valence-electron chi connectivity index (χ2n) is 10.7. The Morgan fingerprint density at radius 1 is 0.822 bits per heavy atom. The Balaban J connectivity index is 0.000000452. The third-order valence-corrected chi connectivity index (χ3v) is 7.32.